The quantitative estimate of drug-likeness (QED) is 0.766. The number of halogens is 1. The number of rotatable bonds is 3. The lowest BCUT2D eigenvalue weighted by molar-refractivity contribution is 0.0287. The lowest BCUT2D eigenvalue weighted by Gasteiger charge is -2.23. The Balaban J connectivity index is 1.82. The topological polar surface area (TPSA) is 83.2 Å². The number of H-pyrrole nitrogens is 1. The lowest BCUT2D eigenvalue weighted by atomic mass is 10.1. The largest absolute Gasteiger partial charge is 0.374 e. The van der Waals surface area contributed by atoms with Gasteiger partial charge in [-0.15, -0.1) is 0 Å². The third-order valence-electron chi connectivity index (χ3n) is 3.54. The minimum atomic E-state index is -0.470. The van der Waals surface area contributed by atoms with Crippen molar-refractivity contribution >= 4 is 16.8 Å². The molecule has 0 saturated carbocycles. The molecule has 0 unspecified atom stereocenters. The summed E-state index contributed by atoms with van der Waals surface area (Å²) in [5, 5.41) is 6.42. The number of benzene rings is 1. The standard InChI is InChI=1S/C15H16FN3O3/c16-9-1-2-11-12(6-14(20)19-13(11)5-9)15(21)18-8-10-7-17-3-4-22-10/h1-2,5-6,10,17H,3-4,7-8H2,(H,18,21)(H,19,20)/t10-/m0/s1. The van der Waals surface area contributed by atoms with Gasteiger partial charge in [-0.1, -0.05) is 0 Å². The third-order valence-corrected chi connectivity index (χ3v) is 3.54. The Morgan fingerprint density at radius 3 is 3.05 bits per heavy atom. The van der Waals surface area contributed by atoms with E-state index >= 15 is 0 Å². The fourth-order valence-corrected chi connectivity index (χ4v) is 2.47. The summed E-state index contributed by atoms with van der Waals surface area (Å²) in [7, 11) is 0. The zero-order chi connectivity index (χ0) is 15.5. The normalized spacial score (nSPS) is 18.3. The molecule has 6 nitrogen and oxygen atoms in total. The molecule has 2 heterocycles. The number of pyridine rings is 1. The van der Waals surface area contributed by atoms with Crippen molar-refractivity contribution in [1.82, 2.24) is 15.6 Å². The first-order chi connectivity index (χ1) is 10.6. The Morgan fingerprint density at radius 1 is 1.41 bits per heavy atom. The number of ether oxygens (including phenoxy) is 1. The number of fused-ring (bicyclic) bond motifs is 1. The highest BCUT2D eigenvalue weighted by molar-refractivity contribution is 6.05. The number of morpholine rings is 1. The molecule has 1 fully saturated rings. The van der Waals surface area contributed by atoms with Gasteiger partial charge in [0, 0.05) is 31.1 Å². The molecule has 1 saturated heterocycles. The van der Waals surface area contributed by atoms with Crippen LogP contribution in [-0.4, -0.2) is 43.2 Å². The van der Waals surface area contributed by atoms with Gasteiger partial charge in [-0.25, -0.2) is 4.39 Å². The molecule has 1 aromatic heterocycles. The van der Waals surface area contributed by atoms with Crippen LogP contribution in [0.25, 0.3) is 10.9 Å². The van der Waals surface area contributed by atoms with Crippen molar-refractivity contribution in [2.24, 2.45) is 0 Å². The highest BCUT2D eigenvalue weighted by atomic mass is 19.1. The van der Waals surface area contributed by atoms with E-state index < -0.39 is 11.4 Å². The Kier molecular flexibility index (Phi) is 4.17. The zero-order valence-electron chi connectivity index (χ0n) is 11.8. The van der Waals surface area contributed by atoms with Gasteiger partial charge in [-0.2, -0.15) is 0 Å². The Morgan fingerprint density at radius 2 is 2.27 bits per heavy atom. The van der Waals surface area contributed by atoms with Crippen molar-refractivity contribution in [2.45, 2.75) is 6.10 Å². The van der Waals surface area contributed by atoms with E-state index in [9.17, 15) is 14.0 Å². The molecule has 1 amide bonds. The molecule has 0 spiro atoms. The van der Waals surface area contributed by atoms with Crippen LogP contribution in [0.2, 0.25) is 0 Å². The van der Waals surface area contributed by atoms with Crippen molar-refractivity contribution in [3.05, 3.63) is 46.0 Å². The molecule has 0 radical (unpaired) electrons. The molecular weight excluding hydrogens is 289 g/mol. The maximum Gasteiger partial charge on any atom is 0.252 e. The summed E-state index contributed by atoms with van der Waals surface area (Å²) in [4.78, 5) is 26.5. The SMILES string of the molecule is O=C(NC[C@@H]1CNCCO1)c1cc(=O)[nH]c2cc(F)ccc12. The average Bonchev–Trinajstić information content (AvgIpc) is 2.52. The van der Waals surface area contributed by atoms with E-state index in [0.717, 1.165) is 6.54 Å². The summed E-state index contributed by atoms with van der Waals surface area (Å²) in [6.07, 6.45) is -0.0941. The molecule has 1 aliphatic rings. The molecule has 2 aromatic rings. The molecule has 116 valence electrons. The van der Waals surface area contributed by atoms with E-state index in [2.05, 4.69) is 15.6 Å². The zero-order valence-corrected chi connectivity index (χ0v) is 11.8. The summed E-state index contributed by atoms with van der Waals surface area (Å²) < 4.78 is 18.7. The van der Waals surface area contributed by atoms with Crippen LogP contribution in [0.3, 0.4) is 0 Å². The smallest absolute Gasteiger partial charge is 0.252 e. The molecule has 1 aliphatic heterocycles. The number of carbonyl (C=O) groups excluding carboxylic acids is 1. The van der Waals surface area contributed by atoms with Gasteiger partial charge in [0.15, 0.2) is 0 Å². The Bertz CT molecular complexity index is 753. The molecule has 1 atom stereocenters. The van der Waals surface area contributed by atoms with Crippen molar-refractivity contribution in [3.8, 4) is 0 Å². The van der Waals surface area contributed by atoms with Crippen LogP contribution in [0.4, 0.5) is 4.39 Å². The van der Waals surface area contributed by atoms with Crippen molar-refractivity contribution in [1.29, 1.82) is 0 Å². The van der Waals surface area contributed by atoms with Crippen molar-refractivity contribution < 1.29 is 13.9 Å². The highest BCUT2D eigenvalue weighted by Gasteiger charge is 2.17. The predicted octanol–water partition coefficient (Wildman–Crippen LogP) is 0.385. The summed E-state index contributed by atoms with van der Waals surface area (Å²) in [5.74, 6) is -0.848. The minimum Gasteiger partial charge on any atom is -0.374 e. The summed E-state index contributed by atoms with van der Waals surface area (Å²) in [6.45, 7) is 2.42. The van der Waals surface area contributed by atoms with Crippen molar-refractivity contribution in [2.75, 3.05) is 26.2 Å². The van der Waals surface area contributed by atoms with E-state index in [4.69, 9.17) is 4.74 Å². The monoisotopic (exact) mass is 305 g/mol. The second kappa shape index (κ2) is 6.25. The van der Waals surface area contributed by atoms with Crippen LogP contribution in [0.1, 0.15) is 10.4 Å². The maximum absolute atomic E-state index is 13.2. The molecule has 3 N–H and O–H groups in total. The van der Waals surface area contributed by atoms with Crippen molar-refractivity contribution in [3.63, 3.8) is 0 Å². The fraction of sp³-hybridized carbons (Fsp3) is 0.333. The first-order valence-electron chi connectivity index (χ1n) is 7.06. The van der Waals surface area contributed by atoms with Gasteiger partial charge in [0.2, 0.25) is 5.56 Å². The van der Waals surface area contributed by atoms with Crippen LogP contribution in [0, 0.1) is 5.82 Å². The van der Waals surface area contributed by atoms with Gasteiger partial charge >= 0.3 is 0 Å². The Labute approximate surface area is 125 Å². The first-order valence-corrected chi connectivity index (χ1v) is 7.06. The lowest BCUT2D eigenvalue weighted by Crippen LogP contribution is -2.45. The van der Waals surface area contributed by atoms with E-state index in [0.29, 0.717) is 30.6 Å². The van der Waals surface area contributed by atoms with E-state index in [1.165, 1.54) is 24.3 Å². The van der Waals surface area contributed by atoms with Gasteiger partial charge in [0.05, 0.1) is 23.8 Å². The second-order valence-corrected chi connectivity index (χ2v) is 5.14. The van der Waals surface area contributed by atoms with E-state index in [1.54, 1.807) is 0 Å². The van der Waals surface area contributed by atoms with Gasteiger partial charge in [-0.3, -0.25) is 9.59 Å². The van der Waals surface area contributed by atoms with Crippen LogP contribution >= 0.6 is 0 Å². The second-order valence-electron chi connectivity index (χ2n) is 5.14. The van der Waals surface area contributed by atoms with Crippen LogP contribution in [0.15, 0.2) is 29.1 Å². The molecular formula is C15H16FN3O3. The third kappa shape index (κ3) is 3.15. The molecule has 1 aromatic carbocycles. The first kappa shape index (κ1) is 14.7. The number of amides is 1. The molecule has 3 rings (SSSR count). The number of aromatic amines is 1. The highest BCUT2D eigenvalue weighted by Crippen LogP contribution is 2.16. The number of carbonyl (C=O) groups is 1. The molecule has 0 aliphatic carbocycles. The van der Waals surface area contributed by atoms with Crippen LogP contribution in [0.5, 0.6) is 0 Å². The van der Waals surface area contributed by atoms with E-state index in [-0.39, 0.29) is 17.6 Å². The predicted molar refractivity (Wildman–Crippen MR) is 79.5 cm³/mol. The summed E-state index contributed by atoms with van der Waals surface area (Å²) in [6, 6.07) is 5.15. The van der Waals surface area contributed by atoms with Gasteiger partial charge in [0.1, 0.15) is 5.82 Å². The Hall–Kier alpha value is -2.25. The van der Waals surface area contributed by atoms with Gasteiger partial charge in [-0.05, 0) is 18.2 Å². The molecule has 22 heavy (non-hydrogen) atoms. The average molecular weight is 305 g/mol. The fourth-order valence-electron chi connectivity index (χ4n) is 2.47. The summed E-state index contributed by atoms with van der Waals surface area (Å²) in [5.41, 5.74) is 0.0783. The number of hydrogen-bond acceptors (Lipinski definition) is 4. The number of aromatic nitrogens is 1. The van der Waals surface area contributed by atoms with Gasteiger partial charge < -0.3 is 20.4 Å². The van der Waals surface area contributed by atoms with Gasteiger partial charge in [0.25, 0.3) is 5.91 Å². The minimum absolute atomic E-state index is 0.0941. The summed E-state index contributed by atoms with van der Waals surface area (Å²) >= 11 is 0. The number of nitrogens with one attached hydrogen (secondary N) is 3. The van der Waals surface area contributed by atoms with Crippen LogP contribution < -0.4 is 16.2 Å². The number of hydrogen-bond donors (Lipinski definition) is 3. The molecule has 0 bridgehead atoms. The molecule has 7 heteroatoms. The van der Waals surface area contributed by atoms with E-state index in [1.807, 2.05) is 0 Å². The maximum atomic E-state index is 13.2. The van der Waals surface area contributed by atoms with Crippen LogP contribution in [-0.2, 0) is 4.74 Å².